The van der Waals surface area contributed by atoms with Crippen molar-refractivity contribution < 1.29 is 4.79 Å². The molecule has 1 spiro atoms. The van der Waals surface area contributed by atoms with Gasteiger partial charge in [0.25, 0.3) is 5.91 Å². The van der Waals surface area contributed by atoms with Crippen molar-refractivity contribution in [3.8, 4) is 0 Å². The van der Waals surface area contributed by atoms with E-state index in [4.69, 9.17) is 0 Å². The van der Waals surface area contributed by atoms with Crippen molar-refractivity contribution in [3.05, 3.63) is 24.3 Å². The summed E-state index contributed by atoms with van der Waals surface area (Å²) in [6, 6.07) is 1.69. The second-order valence-electron chi connectivity index (χ2n) is 4.81. The Balaban J connectivity index is 1.79. The van der Waals surface area contributed by atoms with Gasteiger partial charge in [-0.05, 0) is 31.9 Å². The van der Waals surface area contributed by atoms with Crippen LogP contribution >= 0.6 is 0 Å². The monoisotopic (exact) mass is 232 g/mol. The second kappa shape index (κ2) is 4.07. The van der Waals surface area contributed by atoms with E-state index in [0.29, 0.717) is 5.69 Å². The van der Waals surface area contributed by atoms with Gasteiger partial charge in [0.15, 0.2) is 0 Å². The van der Waals surface area contributed by atoms with Gasteiger partial charge in [-0.25, -0.2) is 9.97 Å². The molecule has 3 heterocycles. The molecule has 2 saturated heterocycles. The summed E-state index contributed by atoms with van der Waals surface area (Å²) in [4.78, 5) is 22.2. The van der Waals surface area contributed by atoms with Crippen LogP contribution in [0.25, 0.3) is 0 Å². The SMILES string of the molecule is O=C(c1ccncn1)N1CC[C@]12CCCNC2. The first kappa shape index (κ1) is 10.7. The minimum absolute atomic E-state index is 0.0438. The molecule has 1 aromatic rings. The molecule has 90 valence electrons. The minimum Gasteiger partial charge on any atom is -0.330 e. The normalized spacial score (nSPS) is 27.9. The number of nitrogens with zero attached hydrogens (tertiary/aromatic N) is 3. The number of carbonyl (C=O) groups excluding carboxylic acids is 1. The van der Waals surface area contributed by atoms with Crippen molar-refractivity contribution in [3.63, 3.8) is 0 Å². The number of hydrogen-bond acceptors (Lipinski definition) is 4. The molecule has 1 amide bonds. The maximum atomic E-state index is 12.3. The summed E-state index contributed by atoms with van der Waals surface area (Å²) >= 11 is 0. The molecule has 1 atom stereocenters. The fourth-order valence-corrected chi connectivity index (χ4v) is 2.81. The van der Waals surface area contributed by atoms with Crippen LogP contribution in [-0.2, 0) is 0 Å². The molecule has 1 aromatic heterocycles. The Morgan fingerprint density at radius 3 is 3.00 bits per heavy atom. The second-order valence-corrected chi connectivity index (χ2v) is 4.81. The van der Waals surface area contributed by atoms with Crippen molar-refractivity contribution in [2.75, 3.05) is 19.6 Å². The van der Waals surface area contributed by atoms with E-state index >= 15 is 0 Å². The predicted molar refractivity (Wildman–Crippen MR) is 62.5 cm³/mol. The fraction of sp³-hybridized carbons (Fsp3) is 0.583. The Morgan fingerprint density at radius 2 is 2.41 bits per heavy atom. The molecule has 5 heteroatoms. The number of amides is 1. The summed E-state index contributed by atoms with van der Waals surface area (Å²) in [6.07, 6.45) is 6.41. The van der Waals surface area contributed by atoms with E-state index in [-0.39, 0.29) is 11.4 Å². The van der Waals surface area contributed by atoms with Gasteiger partial charge < -0.3 is 10.2 Å². The van der Waals surface area contributed by atoms with Crippen LogP contribution in [0.4, 0.5) is 0 Å². The highest BCUT2D eigenvalue weighted by Gasteiger charge is 2.48. The highest BCUT2D eigenvalue weighted by Crippen LogP contribution is 2.37. The van der Waals surface area contributed by atoms with Crippen LogP contribution in [0.2, 0.25) is 0 Å². The van der Waals surface area contributed by atoms with E-state index < -0.39 is 0 Å². The minimum atomic E-state index is 0.0438. The van der Waals surface area contributed by atoms with Crippen LogP contribution < -0.4 is 5.32 Å². The highest BCUT2D eigenvalue weighted by molar-refractivity contribution is 5.93. The van der Waals surface area contributed by atoms with E-state index in [9.17, 15) is 4.79 Å². The zero-order chi connectivity index (χ0) is 11.7. The lowest BCUT2D eigenvalue weighted by atomic mass is 9.78. The Morgan fingerprint density at radius 1 is 1.47 bits per heavy atom. The highest BCUT2D eigenvalue weighted by atomic mass is 16.2. The summed E-state index contributed by atoms with van der Waals surface area (Å²) in [6.45, 7) is 2.84. The van der Waals surface area contributed by atoms with Gasteiger partial charge in [0.05, 0.1) is 5.54 Å². The lowest BCUT2D eigenvalue weighted by Gasteiger charge is -2.54. The zero-order valence-electron chi connectivity index (χ0n) is 9.72. The number of piperidine rings is 1. The van der Waals surface area contributed by atoms with Gasteiger partial charge >= 0.3 is 0 Å². The summed E-state index contributed by atoms with van der Waals surface area (Å²) < 4.78 is 0. The first-order valence-corrected chi connectivity index (χ1v) is 6.11. The van der Waals surface area contributed by atoms with Gasteiger partial charge in [0.1, 0.15) is 12.0 Å². The van der Waals surface area contributed by atoms with Crippen molar-refractivity contribution in [1.29, 1.82) is 0 Å². The molecule has 3 rings (SSSR count). The molecule has 0 radical (unpaired) electrons. The molecule has 5 nitrogen and oxygen atoms in total. The van der Waals surface area contributed by atoms with Crippen molar-refractivity contribution in [1.82, 2.24) is 20.2 Å². The van der Waals surface area contributed by atoms with Gasteiger partial charge in [-0.2, -0.15) is 0 Å². The van der Waals surface area contributed by atoms with E-state index in [1.165, 1.54) is 6.33 Å². The molecule has 1 N–H and O–H groups in total. The molecule has 0 aromatic carbocycles. The Hall–Kier alpha value is -1.49. The number of rotatable bonds is 1. The largest absolute Gasteiger partial charge is 0.330 e. The first-order chi connectivity index (χ1) is 8.32. The number of aromatic nitrogens is 2. The third-order valence-electron chi connectivity index (χ3n) is 3.87. The third-order valence-corrected chi connectivity index (χ3v) is 3.87. The lowest BCUT2D eigenvalue weighted by Crippen LogP contribution is -2.68. The van der Waals surface area contributed by atoms with Crippen molar-refractivity contribution in [2.24, 2.45) is 0 Å². The van der Waals surface area contributed by atoms with E-state index in [2.05, 4.69) is 15.3 Å². The summed E-state index contributed by atoms with van der Waals surface area (Å²) in [7, 11) is 0. The molecule has 2 fully saturated rings. The van der Waals surface area contributed by atoms with E-state index in [0.717, 1.165) is 38.9 Å². The maximum Gasteiger partial charge on any atom is 0.273 e. The molecule has 0 unspecified atom stereocenters. The van der Waals surface area contributed by atoms with Crippen LogP contribution in [0.15, 0.2) is 18.6 Å². The average molecular weight is 232 g/mol. The Kier molecular flexibility index (Phi) is 2.55. The van der Waals surface area contributed by atoms with E-state index in [1.807, 2.05) is 4.90 Å². The van der Waals surface area contributed by atoms with Crippen LogP contribution in [0, 0.1) is 0 Å². The van der Waals surface area contributed by atoms with Gasteiger partial charge in [0, 0.05) is 19.3 Å². The first-order valence-electron chi connectivity index (χ1n) is 6.11. The number of likely N-dealkylation sites (tertiary alicyclic amines) is 1. The van der Waals surface area contributed by atoms with Crippen LogP contribution in [0.5, 0.6) is 0 Å². The maximum absolute atomic E-state index is 12.3. The van der Waals surface area contributed by atoms with Gasteiger partial charge in [-0.15, -0.1) is 0 Å². The number of nitrogens with one attached hydrogen (secondary N) is 1. The van der Waals surface area contributed by atoms with Gasteiger partial charge in [-0.3, -0.25) is 4.79 Å². The number of hydrogen-bond donors (Lipinski definition) is 1. The number of carbonyl (C=O) groups is 1. The molecule has 2 aliphatic rings. The summed E-state index contributed by atoms with van der Waals surface area (Å²) in [5.74, 6) is 0.0438. The summed E-state index contributed by atoms with van der Waals surface area (Å²) in [5.41, 5.74) is 0.560. The molecule has 17 heavy (non-hydrogen) atoms. The fourth-order valence-electron chi connectivity index (χ4n) is 2.81. The molecule has 0 aliphatic carbocycles. The Bertz CT molecular complexity index is 414. The summed E-state index contributed by atoms with van der Waals surface area (Å²) in [5, 5.41) is 3.39. The smallest absolute Gasteiger partial charge is 0.273 e. The molecule has 0 saturated carbocycles. The Labute approximate surface area is 100 Å². The zero-order valence-corrected chi connectivity index (χ0v) is 9.72. The van der Waals surface area contributed by atoms with Crippen molar-refractivity contribution >= 4 is 5.91 Å². The third kappa shape index (κ3) is 1.70. The molecular formula is C12H16N4O. The van der Waals surface area contributed by atoms with Crippen LogP contribution in [-0.4, -0.2) is 45.9 Å². The lowest BCUT2D eigenvalue weighted by molar-refractivity contribution is -0.0159. The molecular weight excluding hydrogens is 216 g/mol. The quantitative estimate of drug-likeness (QED) is 0.763. The van der Waals surface area contributed by atoms with Gasteiger partial charge in [-0.1, -0.05) is 0 Å². The van der Waals surface area contributed by atoms with Gasteiger partial charge in [0.2, 0.25) is 0 Å². The predicted octanol–water partition coefficient (Wildman–Crippen LogP) is 0.445. The van der Waals surface area contributed by atoms with Crippen LogP contribution in [0.3, 0.4) is 0 Å². The van der Waals surface area contributed by atoms with E-state index in [1.54, 1.807) is 12.3 Å². The van der Waals surface area contributed by atoms with Crippen molar-refractivity contribution in [2.45, 2.75) is 24.8 Å². The average Bonchev–Trinajstić information content (AvgIpc) is 2.39. The topological polar surface area (TPSA) is 58.1 Å². The van der Waals surface area contributed by atoms with Crippen LogP contribution in [0.1, 0.15) is 29.8 Å². The molecule has 2 aliphatic heterocycles. The molecule has 0 bridgehead atoms. The standard InChI is InChI=1S/C12H16N4O/c17-11(10-2-6-14-9-15-10)16-7-4-12(16)3-1-5-13-8-12/h2,6,9,13H,1,3-5,7-8H2/t12-/m0/s1.